The van der Waals surface area contributed by atoms with Gasteiger partial charge >= 0.3 is 5.97 Å². The lowest BCUT2D eigenvalue weighted by Crippen LogP contribution is -2.17. The molecule has 5 nitrogen and oxygen atoms in total. The van der Waals surface area contributed by atoms with Crippen molar-refractivity contribution in [3.8, 4) is 11.5 Å². The molecule has 2 N–H and O–H groups in total. The molecule has 3 rings (SSSR count). The summed E-state index contributed by atoms with van der Waals surface area (Å²) in [5, 5.41) is 13.0. The molecule has 2 aliphatic heterocycles. The number of nitrogens with one attached hydrogen (secondary N) is 1. The number of ether oxygens (including phenoxy) is 2. The number of methoxy groups -OCH3 is 1. The fraction of sp³-hybridized carbons (Fsp3) is 0.500. The van der Waals surface area contributed by atoms with Gasteiger partial charge in [-0.2, -0.15) is 0 Å². The Balaban J connectivity index is 1.96. The Morgan fingerprint density at radius 1 is 1.60 bits per heavy atom. The zero-order valence-electron chi connectivity index (χ0n) is 11.1. The topological polar surface area (TPSA) is 67.8 Å². The molecule has 108 valence electrons. The van der Waals surface area contributed by atoms with Crippen LogP contribution in [0.3, 0.4) is 0 Å². The molecule has 0 saturated carbocycles. The molecule has 2 atom stereocenters. The summed E-state index contributed by atoms with van der Waals surface area (Å²) in [5.41, 5.74) is 1.86. The highest BCUT2D eigenvalue weighted by Gasteiger charge is 2.33. The molecule has 1 aromatic carbocycles. The molecule has 2 unspecified atom stereocenters. The van der Waals surface area contributed by atoms with E-state index in [0.29, 0.717) is 36.1 Å². The molecule has 0 aromatic heterocycles. The van der Waals surface area contributed by atoms with Gasteiger partial charge in [0.05, 0.1) is 24.7 Å². The Morgan fingerprint density at radius 2 is 2.40 bits per heavy atom. The maximum Gasteiger partial charge on any atom is 0.307 e. The van der Waals surface area contributed by atoms with E-state index in [1.807, 2.05) is 6.07 Å². The summed E-state index contributed by atoms with van der Waals surface area (Å²) in [6.45, 7) is 1.07. The monoisotopic (exact) mass is 297 g/mol. The SMILES string of the molecule is COc1cc(C2CC(C(=O)O)CN2)c(Cl)c2c1OCC2. The van der Waals surface area contributed by atoms with Crippen LogP contribution in [0.4, 0.5) is 0 Å². The van der Waals surface area contributed by atoms with Crippen molar-refractivity contribution < 1.29 is 19.4 Å². The number of aliphatic carboxylic acids is 1. The number of carboxylic acid groups (broad SMARTS) is 1. The predicted molar refractivity (Wildman–Crippen MR) is 73.7 cm³/mol. The number of carbonyl (C=O) groups is 1. The Morgan fingerprint density at radius 3 is 3.05 bits per heavy atom. The van der Waals surface area contributed by atoms with E-state index in [9.17, 15) is 4.79 Å². The summed E-state index contributed by atoms with van der Waals surface area (Å²) in [5.74, 6) is 0.241. The van der Waals surface area contributed by atoms with Gasteiger partial charge in [0.15, 0.2) is 11.5 Å². The van der Waals surface area contributed by atoms with Crippen LogP contribution >= 0.6 is 11.6 Å². The van der Waals surface area contributed by atoms with E-state index in [0.717, 1.165) is 17.5 Å². The van der Waals surface area contributed by atoms with Gasteiger partial charge in [0.2, 0.25) is 0 Å². The summed E-state index contributed by atoms with van der Waals surface area (Å²) >= 11 is 6.47. The second-order valence-electron chi connectivity index (χ2n) is 5.12. The van der Waals surface area contributed by atoms with E-state index in [1.54, 1.807) is 7.11 Å². The number of benzene rings is 1. The van der Waals surface area contributed by atoms with Gasteiger partial charge in [-0.1, -0.05) is 11.6 Å². The van der Waals surface area contributed by atoms with Crippen molar-refractivity contribution in [2.45, 2.75) is 18.9 Å². The fourth-order valence-corrected chi connectivity index (χ4v) is 3.26. The lowest BCUT2D eigenvalue weighted by Gasteiger charge is -2.17. The first kappa shape index (κ1) is 13.5. The normalized spacial score (nSPS) is 24.3. The van der Waals surface area contributed by atoms with Crippen LogP contribution in [-0.4, -0.2) is 31.3 Å². The lowest BCUT2D eigenvalue weighted by atomic mass is 9.97. The van der Waals surface area contributed by atoms with Gasteiger partial charge in [-0.15, -0.1) is 0 Å². The van der Waals surface area contributed by atoms with Crippen molar-refractivity contribution in [3.63, 3.8) is 0 Å². The molecule has 0 amide bonds. The van der Waals surface area contributed by atoms with E-state index >= 15 is 0 Å². The zero-order valence-corrected chi connectivity index (χ0v) is 11.9. The van der Waals surface area contributed by atoms with Crippen molar-refractivity contribution in [3.05, 3.63) is 22.2 Å². The minimum absolute atomic E-state index is 0.0524. The van der Waals surface area contributed by atoms with Gasteiger partial charge in [-0.25, -0.2) is 0 Å². The molecule has 1 aromatic rings. The van der Waals surface area contributed by atoms with Crippen LogP contribution < -0.4 is 14.8 Å². The van der Waals surface area contributed by atoms with Crippen LogP contribution in [0.2, 0.25) is 5.02 Å². The number of rotatable bonds is 3. The van der Waals surface area contributed by atoms with Crippen LogP contribution in [0, 0.1) is 5.92 Å². The van der Waals surface area contributed by atoms with Crippen molar-refractivity contribution in [2.24, 2.45) is 5.92 Å². The first-order valence-corrected chi connectivity index (χ1v) is 6.98. The summed E-state index contributed by atoms with van der Waals surface area (Å²) in [6.07, 6.45) is 1.30. The minimum Gasteiger partial charge on any atom is -0.493 e. The smallest absolute Gasteiger partial charge is 0.307 e. The maximum absolute atomic E-state index is 11.1. The molecule has 6 heteroatoms. The highest BCUT2D eigenvalue weighted by molar-refractivity contribution is 6.32. The van der Waals surface area contributed by atoms with E-state index < -0.39 is 5.97 Å². The molecule has 0 bridgehead atoms. The zero-order chi connectivity index (χ0) is 14.3. The van der Waals surface area contributed by atoms with E-state index in [2.05, 4.69) is 5.32 Å². The van der Waals surface area contributed by atoms with Gasteiger partial charge in [0.25, 0.3) is 0 Å². The van der Waals surface area contributed by atoms with Crippen LogP contribution in [-0.2, 0) is 11.2 Å². The van der Waals surface area contributed by atoms with Gasteiger partial charge in [0, 0.05) is 24.6 Å². The molecule has 2 aliphatic rings. The number of hydrogen-bond acceptors (Lipinski definition) is 4. The number of carboxylic acids is 1. The second kappa shape index (κ2) is 5.14. The van der Waals surface area contributed by atoms with Crippen molar-refractivity contribution in [1.29, 1.82) is 0 Å². The summed E-state index contributed by atoms with van der Waals surface area (Å²) in [6, 6.07) is 1.80. The quantitative estimate of drug-likeness (QED) is 0.893. The highest BCUT2D eigenvalue weighted by Crippen LogP contribution is 2.45. The molecular weight excluding hydrogens is 282 g/mol. The van der Waals surface area contributed by atoms with Crippen LogP contribution in [0.5, 0.6) is 11.5 Å². The molecule has 0 aliphatic carbocycles. The molecule has 0 radical (unpaired) electrons. The van der Waals surface area contributed by atoms with Crippen LogP contribution in [0.25, 0.3) is 0 Å². The molecule has 0 spiro atoms. The predicted octanol–water partition coefficient (Wildman–Crippen LogP) is 2.02. The fourth-order valence-electron chi connectivity index (χ4n) is 2.90. The average Bonchev–Trinajstić information content (AvgIpc) is 3.08. The van der Waals surface area contributed by atoms with E-state index in [4.69, 9.17) is 26.2 Å². The largest absolute Gasteiger partial charge is 0.493 e. The molecular formula is C14H16ClNO4. The van der Waals surface area contributed by atoms with Crippen molar-refractivity contribution in [2.75, 3.05) is 20.3 Å². The summed E-state index contributed by atoms with van der Waals surface area (Å²) in [4.78, 5) is 11.1. The lowest BCUT2D eigenvalue weighted by molar-refractivity contribution is -0.141. The standard InChI is InChI=1S/C14H16ClNO4/c1-19-11-5-9(10-4-7(6-16-10)14(17)18)12(15)8-2-3-20-13(8)11/h5,7,10,16H,2-4,6H2,1H3,(H,17,18). The third-order valence-electron chi connectivity index (χ3n) is 3.98. The van der Waals surface area contributed by atoms with Gasteiger partial charge in [-0.3, -0.25) is 4.79 Å². The Bertz CT molecular complexity index is 561. The first-order chi connectivity index (χ1) is 9.61. The number of hydrogen-bond donors (Lipinski definition) is 2. The molecule has 1 fully saturated rings. The van der Waals surface area contributed by atoms with Crippen molar-refractivity contribution >= 4 is 17.6 Å². The van der Waals surface area contributed by atoms with Crippen LogP contribution in [0.15, 0.2) is 6.07 Å². The third-order valence-corrected chi connectivity index (χ3v) is 4.42. The first-order valence-electron chi connectivity index (χ1n) is 6.60. The Kier molecular flexibility index (Phi) is 3.48. The van der Waals surface area contributed by atoms with Crippen LogP contribution in [0.1, 0.15) is 23.6 Å². The maximum atomic E-state index is 11.1. The number of fused-ring (bicyclic) bond motifs is 1. The highest BCUT2D eigenvalue weighted by atomic mass is 35.5. The molecule has 2 heterocycles. The van der Waals surface area contributed by atoms with Crippen molar-refractivity contribution in [1.82, 2.24) is 5.32 Å². The Hall–Kier alpha value is -1.46. The van der Waals surface area contributed by atoms with E-state index in [-0.39, 0.29) is 12.0 Å². The summed E-state index contributed by atoms with van der Waals surface area (Å²) in [7, 11) is 1.59. The Labute approximate surface area is 121 Å². The third kappa shape index (κ3) is 2.11. The van der Waals surface area contributed by atoms with Gasteiger partial charge in [-0.05, 0) is 18.1 Å². The second-order valence-corrected chi connectivity index (χ2v) is 5.50. The van der Waals surface area contributed by atoms with Gasteiger partial charge < -0.3 is 19.9 Å². The molecule has 20 heavy (non-hydrogen) atoms. The molecule has 1 saturated heterocycles. The van der Waals surface area contributed by atoms with E-state index in [1.165, 1.54) is 0 Å². The number of halogens is 1. The van der Waals surface area contributed by atoms with Gasteiger partial charge in [0.1, 0.15) is 0 Å². The minimum atomic E-state index is -0.771. The average molecular weight is 298 g/mol. The summed E-state index contributed by atoms with van der Waals surface area (Å²) < 4.78 is 10.9.